The summed E-state index contributed by atoms with van der Waals surface area (Å²) in [4.78, 5) is 12.3. The summed E-state index contributed by atoms with van der Waals surface area (Å²) in [7, 11) is 0. The van der Waals surface area contributed by atoms with Crippen LogP contribution in [0.1, 0.15) is 22.0 Å². The first-order valence-electron chi connectivity index (χ1n) is 5.98. The van der Waals surface area contributed by atoms with Crippen molar-refractivity contribution >= 4 is 53.7 Å². The van der Waals surface area contributed by atoms with E-state index in [1.165, 1.54) is 0 Å². The summed E-state index contributed by atoms with van der Waals surface area (Å²) in [5.74, 6) is -0.0994. The molecule has 1 amide bonds. The maximum absolute atomic E-state index is 12.3. The molecule has 1 atom stereocenters. The fourth-order valence-corrected chi connectivity index (χ4v) is 3.57. The first-order chi connectivity index (χ1) is 9.61. The highest BCUT2D eigenvalue weighted by atomic mass is 79.9. The molecule has 2 nitrogen and oxygen atoms in total. The number of carbonyl (C=O) groups excluding carboxylic acids is 1. The van der Waals surface area contributed by atoms with Crippen molar-refractivity contribution in [2.45, 2.75) is 6.04 Å². The van der Waals surface area contributed by atoms with Crippen molar-refractivity contribution in [3.8, 4) is 0 Å². The Morgan fingerprint density at radius 2 is 1.80 bits per heavy atom. The second-order valence-electron chi connectivity index (χ2n) is 4.22. The van der Waals surface area contributed by atoms with E-state index in [4.69, 9.17) is 0 Å². The molecule has 2 aromatic carbocycles. The average molecular weight is 462 g/mol. The van der Waals surface area contributed by atoms with E-state index >= 15 is 0 Å². The number of carbonyl (C=O) groups is 1. The number of hydrogen-bond acceptors (Lipinski definition) is 1. The Kier molecular flexibility index (Phi) is 5.81. The molecule has 0 bridgehead atoms. The second-order valence-corrected chi connectivity index (χ2v) is 6.63. The summed E-state index contributed by atoms with van der Waals surface area (Å²) in [6.07, 6.45) is 0. The van der Waals surface area contributed by atoms with E-state index < -0.39 is 0 Å². The van der Waals surface area contributed by atoms with E-state index in [2.05, 4.69) is 53.1 Å². The van der Waals surface area contributed by atoms with Crippen LogP contribution in [0.25, 0.3) is 0 Å². The van der Waals surface area contributed by atoms with E-state index in [9.17, 15) is 4.79 Å². The van der Waals surface area contributed by atoms with E-state index in [1.54, 1.807) is 6.07 Å². The predicted octanol–water partition coefficient (Wildman–Crippen LogP) is 5.08. The van der Waals surface area contributed by atoms with Crippen molar-refractivity contribution in [1.82, 2.24) is 5.32 Å². The van der Waals surface area contributed by atoms with Gasteiger partial charge in [-0.1, -0.05) is 62.2 Å². The minimum Gasteiger partial charge on any atom is -0.344 e. The molecule has 0 radical (unpaired) electrons. The van der Waals surface area contributed by atoms with Crippen LogP contribution in [0.4, 0.5) is 0 Å². The maximum atomic E-state index is 12.3. The largest absolute Gasteiger partial charge is 0.344 e. The zero-order chi connectivity index (χ0) is 14.5. The first-order valence-corrected chi connectivity index (χ1v) is 8.69. The first kappa shape index (κ1) is 15.7. The molecule has 1 N–H and O–H groups in total. The topological polar surface area (TPSA) is 29.1 Å². The van der Waals surface area contributed by atoms with Crippen LogP contribution in [0, 0.1) is 0 Å². The summed E-state index contributed by atoms with van der Waals surface area (Å²) < 4.78 is 1.70. The average Bonchev–Trinajstić information content (AvgIpc) is 2.45. The lowest BCUT2D eigenvalue weighted by molar-refractivity contribution is 0.0940. The van der Waals surface area contributed by atoms with Gasteiger partial charge in [-0.3, -0.25) is 4.79 Å². The van der Waals surface area contributed by atoms with Crippen LogP contribution in [-0.2, 0) is 0 Å². The molecule has 0 aromatic heterocycles. The van der Waals surface area contributed by atoms with Crippen LogP contribution >= 0.6 is 47.8 Å². The van der Waals surface area contributed by atoms with Gasteiger partial charge in [0.1, 0.15) is 0 Å². The lowest BCUT2D eigenvalue weighted by Gasteiger charge is -2.17. The fraction of sp³-hybridized carbons (Fsp3) is 0.133. The Hall–Kier alpha value is -0.650. The number of amides is 1. The van der Waals surface area contributed by atoms with E-state index in [1.807, 2.05) is 42.5 Å². The number of nitrogens with one attached hydrogen (secondary N) is 1. The Bertz CT molecular complexity index is 601. The minimum absolute atomic E-state index is 0.0563. The van der Waals surface area contributed by atoms with Gasteiger partial charge in [-0.15, -0.1) is 0 Å². The third-order valence-electron chi connectivity index (χ3n) is 2.84. The number of halogens is 3. The van der Waals surface area contributed by atoms with Gasteiger partial charge >= 0.3 is 0 Å². The molecule has 0 spiro atoms. The number of benzene rings is 2. The van der Waals surface area contributed by atoms with Crippen LogP contribution < -0.4 is 5.32 Å². The van der Waals surface area contributed by atoms with Gasteiger partial charge in [-0.25, -0.2) is 0 Å². The SMILES string of the molecule is O=C(NC(CBr)c1ccccc1)c1ccc(Br)cc1Br. The Morgan fingerprint density at radius 1 is 1.10 bits per heavy atom. The van der Waals surface area contributed by atoms with Crippen LogP contribution in [0.3, 0.4) is 0 Å². The Balaban J connectivity index is 2.17. The highest BCUT2D eigenvalue weighted by Gasteiger charge is 2.16. The number of hydrogen-bond donors (Lipinski definition) is 1. The van der Waals surface area contributed by atoms with Crippen molar-refractivity contribution in [2.75, 3.05) is 5.33 Å². The summed E-state index contributed by atoms with van der Waals surface area (Å²) in [5, 5.41) is 3.69. The van der Waals surface area contributed by atoms with Gasteiger partial charge < -0.3 is 5.32 Å². The molecule has 20 heavy (non-hydrogen) atoms. The molecule has 2 rings (SSSR count). The molecule has 0 heterocycles. The van der Waals surface area contributed by atoms with Crippen LogP contribution in [-0.4, -0.2) is 11.2 Å². The minimum atomic E-state index is -0.0994. The second kappa shape index (κ2) is 7.38. The van der Waals surface area contributed by atoms with E-state index in [-0.39, 0.29) is 11.9 Å². The van der Waals surface area contributed by atoms with E-state index in [0.29, 0.717) is 10.9 Å². The fourth-order valence-electron chi connectivity index (χ4n) is 1.81. The smallest absolute Gasteiger partial charge is 0.252 e. The standard InChI is InChI=1S/C15H12Br3NO/c16-9-14(10-4-2-1-3-5-10)19-15(20)12-7-6-11(17)8-13(12)18/h1-8,14H,9H2,(H,19,20). The summed E-state index contributed by atoms with van der Waals surface area (Å²) in [5.41, 5.74) is 1.70. The molecule has 0 saturated carbocycles. The number of rotatable bonds is 4. The summed E-state index contributed by atoms with van der Waals surface area (Å²) in [6, 6.07) is 15.3. The monoisotopic (exact) mass is 459 g/mol. The predicted molar refractivity (Wildman–Crippen MR) is 92.3 cm³/mol. The van der Waals surface area contributed by atoms with Crippen LogP contribution in [0.5, 0.6) is 0 Å². The third-order valence-corrected chi connectivity index (χ3v) is 4.63. The molecule has 104 valence electrons. The lowest BCUT2D eigenvalue weighted by atomic mass is 10.1. The number of alkyl halides is 1. The quantitative estimate of drug-likeness (QED) is 0.632. The summed E-state index contributed by atoms with van der Waals surface area (Å²) in [6.45, 7) is 0. The highest BCUT2D eigenvalue weighted by Crippen LogP contribution is 2.23. The maximum Gasteiger partial charge on any atom is 0.252 e. The van der Waals surface area contributed by atoms with E-state index in [0.717, 1.165) is 14.5 Å². The van der Waals surface area contributed by atoms with Gasteiger partial charge in [0.2, 0.25) is 0 Å². The van der Waals surface area contributed by atoms with Crippen molar-refractivity contribution in [3.05, 3.63) is 68.6 Å². The molecule has 0 aliphatic heterocycles. The Labute approximate surface area is 143 Å². The van der Waals surface area contributed by atoms with Gasteiger partial charge in [0.25, 0.3) is 5.91 Å². The van der Waals surface area contributed by atoms with Crippen molar-refractivity contribution in [2.24, 2.45) is 0 Å². The van der Waals surface area contributed by atoms with Crippen molar-refractivity contribution < 1.29 is 4.79 Å². The van der Waals surface area contributed by atoms with Gasteiger partial charge in [-0.2, -0.15) is 0 Å². The molecule has 1 unspecified atom stereocenters. The molecular formula is C15H12Br3NO. The van der Waals surface area contributed by atoms with Gasteiger partial charge in [0.05, 0.1) is 11.6 Å². The van der Waals surface area contributed by atoms with Crippen LogP contribution in [0.2, 0.25) is 0 Å². The van der Waals surface area contributed by atoms with Crippen LogP contribution in [0.15, 0.2) is 57.5 Å². The van der Waals surface area contributed by atoms with Gasteiger partial charge in [0.15, 0.2) is 0 Å². The van der Waals surface area contributed by atoms with Gasteiger partial charge in [0, 0.05) is 14.3 Å². The van der Waals surface area contributed by atoms with Gasteiger partial charge in [-0.05, 0) is 39.7 Å². The highest BCUT2D eigenvalue weighted by molar-refractivity contribution is 9.11. The molecule has 0 saturated heterocycles. The molecule has 0 aliphatic rings. The molecule has 5 heteroatoms. The molecule has 2 aromatic rings. The normalized spacial score (nSPS) is 11.9. The Morgan fingerprint density at radius 3 is 2.40 bits per heavy atom. The summed E-state index contributed by atoms with van der Waals surface area (Å²) >= 11 is 10.2. The molecule has 0 fully saturated rings. The zero-order valence-electron chi connectivity index (χ0n) is 10.4. The molecule has 0 aliphatic carbocycles. The lowest BCUT2D eigenvalue weighted by Crippen LogP contribution is -2.29. The molecular weight excluding hydrogens is 450 g/mol. The third kappa shape index (κ3) is 3.93. The zero-order valence-corrected chi connectivity index (χ0v) is 15.2. The van der Waals surface area contributed by atoms with Crippen molar-refractivity contribution in [3.63, 3.8) is 0 Å². The van der Waals surface area contributed by atoms with Crippen molar-refractivity contribution in [1.29, 1.82) is 0 Å².